The summed E-state index contributed by atoms with van der Waals surface area (Å²) in [6.45, 7) is 1.50. The molecule has 6 heteroatoms. The number of nitrogens with zero attached hydrogens (tertiary/aromatic N) is 2. The van der Waals surface area contributed by atoms with Crippen molar-refractivity contribution >= 4 is 23.4 Å². The SMILES string of the molecule is NC1CCN(c2ccc(Cl)c(C(=O)O)n2)C1. The molecule has 1 aromatic rings. The Morgan fingerprint density at radius 2 is 2.38 bits per heavy atom. The fourth-order valence-electron chi connectivity index (χ4n) is 1.75. The summed E-state index contributed by atoms with van der Waals surface area (Å²) in [6.07, 6.45) is 0.896. The third-order valence-electron chi connectivity index (χ3n) is 2.58. The Kier molecular flexibility index (Phi) is 2.98. The van der Waals surface area contributed by atoms with Crippen LogP contribution in [0.5, 0.6) is 0 Å². The predicted molar refractivity (Wildman–Crippen MR) is 61.0 cm³/mol. The Balaban J connectivity index is 2.29. The van der Waals surface area contributed by atoms with Crippen LogP contribution in [0.1, 0.15) is 16.9 Å². The van der Waals surface area contributed by atoms with Crippen LogP contribution in [0.25, 0.3) is 0 Å². The average Bonchev–Trinajstić information content (AvgIpc) is 2.65. The lowest BCUT2D eigenvalue weighted by atomic mass is 10.3. The highest BCUT2D eigenvalue weighted by atomic mass is 35.5. The maximum Gasteiger partial charge on any atom is 0.356 e. The monoisotopic (exact) mass is 241 g/mol. The molecule has 0 aromatic carbocycles. The quantitative estimate of drug-likeness (QED) is 0.807. The minimum atomic E-state index is -1.12. The molecule has 2 heterocycles. The van der Waals surface area contributed by atoms with Crippen molar-refractivity contribution in [1.29, 1.82) is 0 Å². The zero-order valence-electron chi connectivity index (χ0n) is 8.56. The van der Waals surface area contributed by atoms with Crippen molar-refractivity contribution < 1.29 is 9.90 Å². The summed E-state index contributed by atoms with van der Waals surface area (Å²) in [5, 5.41) is 9.05. The molecule has 86 valence electrons. The number of hydrogen-bond donors (Lipinski definition) is 2. The lowest BCUT2D eigenvalue weighted by molar-refractivity contribution is 0.0691. The van der Waals surface area contributed by atoms with Crippen LogP contribution in [0.2, 0.25) is 5.02 Å². The van der Waals surface area contributed by atoms with E-state index in [1.807, 2.05) is 4.90 Å². The zero-order valence-corrected chi connectivity index (χ0v) is 9.31. The summed E-state index contributed by atoms with van der Waals surface area (Å²) in [7, 11) is 0. The first-order chi connectivity index (χ1) is 7.58. The molecule has 5 nitrogen and oxygen atoms in total. The minimum absolute atomic E-state index is 0.111. The van der Waals surface area contributed by atoms with Crippen molar-refractivity contribution in [1.82, 2.24) is 4.98 Å². The molecule has 1 atom stereocenters. The van der Waals surface area contributed by atoms with Gasteiger partial charge in [0.1, 0.15) is 5.82 Å². The number of pyridine rings is 1. The van der Waals surface area contributed by atoms with Crippen LogP contribution in [-0.2, 0) is 0 Å². The van der Waals surface area contributed by atoms with Gasteiger partial charge in [0.05, 0.1) is 5.02 Å². The molecule has 16 heavy (non-hydrogen) atoms. The second-order valence-electron chi connectivity index (χ2n) is 3.80. The molecule has 1 aromatic heterocycles. The predicted octanol–water partition coefficient (Wildman–Crippen LogP) is 0.971. The van der Waals surface area contributed by atoms with Crippen molar-refractivity contribution in [3.05, 3.63) is 22.8 Å². The van der Waals surface area contributed by atoms with Gasteiger partial charge in [0.15, 0.2) is 5.69 Å². The molecular weight excluding hydrogens is 230 g/mol. The van der Waals surface area contributed by atoms with Crippen LogP contribution in [0.15, 0.2) is 12.1 Å². The molecule has 1 fully saturated rings. The average molecular weight is 242 g/mol. The van der Waals surface area contributed by atoms with Crippen molar-refractivity contribution in [2.24, 2.45) is 5.73 Å². The Bertz CT molecular complexity index is 425. The highest BCUT2D eigenvalue weighted by Gasteiger charge is 2.21. The van der Waals surface area contributed by atoms with Gasteiger partial charge in [0.25, 0.3) is 0 Å². The first-order valence-electron chi connectivity index (χ1n) is 4.98. The summed E-state index contributed by atoms with van der Waals surface area (Å²) in [6, 6.07) is 3.40. The number of carboxylic acid groups (broad SMARTS) is 1. The van der Waals surface area contributed by atoms with E-state index in [1.54, 1.807) is 12.1 Å². The van der Waals surface area contributed by atoms with Gasteiger partial charge in [-0.05, 0) is 18.6 Å². The van der Waals surface area contributed by atoms with Gasteiger partial charge in [-0.15, -0.1) is 0 Å². The molecule has 1 saturated heterocycles. The number of aromatic carboxylic acids is 1. The Hall–Kier alpha value is -1.33. The molecule has 0 radical (unpaired) electrons. The van der Waals surface area contributed by atoms with Crippen LogP contribution in [0.3, 0.4) is 0 Å². The number of carboxylic acids is 1. The number of halogens is 1. The third kappa shape index (κ3) is 2.10. The number of rotatable bonds is 2. The van der Waals surface area contributed by atoms with E-state index in [4.69, 9.17) is 22.4 Å². The molecule has 1 aliphatic rings. The maximum atomic E-state index is 10.9. The largest absolute Gasteiger partial charge is 0.476 e. The van der Waals surface area contributed by atoms with Crippen LogP contribution in [0, 0.1) is 0 Å². The zero-order chi connectivity index (χ0) is 11.7. The standard InChI is InChI=1S/C10H12ClN3O2/c11-7-1-2-8(13-9(7)10(15)16)14-4-3-6(12)5-14/h1-2,6H,3-5,12H2,(H,15,16). The Morgan fingerprint density at radius 1 is 1.62 bits per heavy atom. The molecule has 2 rings (SSSR count). The highest BCUT2D eigenvalue weighted by Crippen LogP contribution is 2.22. The molecule has 0 aliphatic carbocycles. The number of hydrogen-bond acceptors (Lipinski definition) is 4. The van der Waals surface area contributed by atoms with E-state index < -0.39 is 5.97 Å². The van der Waals surface area contributed by atoms with Gasteiger partial charge >= 0.3 is 5.97 Å². The van der Waals surface area contributed by atoms with Gasteiger partial charge in [-0.3, -0.25) is 0 Å². The fraction of sp³-hybridized carbons (Fsp3) is 0.400. The van der Waals surface area contributed by atoms with Crippen molar-refractivity contribution in [2.45, 2.75) is 12.5 Å². The Morgan fingerprint density at radius 3 is 2.94 bits per heavy atom. The second-order valence-corrected chi connectivity index (χ2v) is 4.21. The molecule has 0 saturated carbocycles. The van der Waals surface area contributed by atoms with E-state index in [1.165, 1.54) is 0 Å². The van der Waals surface area contributed by atoms with E-state index in [0.717, 1.165) is 13.0 Å². The lowest BCUT2D eigenvalue weighted by Crippen LogP contribution is -2.27. The summed E-state index contributed by atoms with van der Waals surface area (Å²) in [4.78, 5) is 16.9. The first kappa shape index (κ1) is 11.2. The van der Waals surface area contributed by atoms with Crippen LogP contribution in [-0.4, -0.2) is 35.2 Å². The van der Waals surface area contributed by atoms with E-state index in [-0.39, 0.29) is 16.8 Å². The Labute approximate surface area is 97.8 Å². The van der Waals surface area contributed by atoms with E-state index in [2.05, 4.69) is 4.98 Å². The smallest absolute Gasteiger partial charge is 0.356 e. The topological polar surface area (TPSA) is 79.5 Å². The normalized spacial score (nSPS) is 20.1. The van der Waals surface area contributed by atoms with Crippen molar-refractivity contribution in [3.63, 3.8) is 0 Å². The molecule has 3 N–H and O–H groups in total. The van der Waals surface area contributed by atoms with Crippen LogP contribution >= 0.6 is 11.6 Å². The number of carbonyl (C=O) groups is 1. The lowest BCUT2D eigenvalue weighted by Gasteiger charge is -2.17. The molecule has 0 amide bonds. The van der Waals surface area contributed by atoms with Gasteiger partial charge in [0.2, 0.25) is 0 Å². The van der Waals surface area contributed by atoms with E-state index in [0.29, 0.717) is 12.4 Å². The summed E-state index contributed by atoms with van der Waals surface area (Å²) >= 11 is 5.74. The van der Waals surface area contributed by atoms with E-state index >= 15 is 0 Å². The maximum absolute atomic E-state index is 10.9. The van der Waals surface area contributed by atoms with Gasteiger partial charge < -0.3 is 15.7 Å². The number of anilines is 1. The first-order valence-corrected chi connectivity index (χ1v) is 5.36. The molecule has 1 aliphatic heterocycles. The van der Waals surface area contributed by atoms with Crippen molar-refractivity contribution in [2.75, 3.05) is 18.0 Å². The van der Waals surface area contributed by atoms with Gasteiger partial charge in [-0.1, -0.05) is 11.6 Å². The summed E-state index contributed by atoms with van der Waals surface area (Å²) < 4.78 is 0. The van der Waals surface area contributed by atoms with Gasteiger partial charge in [-0.2, -0.15) is 0 Å². The fourth-order valence-corrected chi connectivity index (χ4v) is 1.94. The molecular formula is C10H12ClN3O2. The van der Waals surface area contributed by atoms with Crippen molar-refractivity contribution in [3.8, 4) is 0 Å². The summed E-state index contributed by atoms with van der Waals surface area (Å²) in [5.41, 5.74) is 5.67. The van der Waals surface area contributed by atoms with Crippen LogP contribution < -0.4 is 10.6 Å². The van der Waals surface area contributed by atoms with E-state index in [9.17, 15) is 4.79 Å². The minimum Gasteiger partial charge on any atom is -0.476 e. The van der Waals surface area contributed by atoms with Crippen LogP contribution in [0.4, 0.5) is 5.82 Å². The van der Waals surface area contributed by atoms with Gasteiger partial charge in [0, 0.05) is 19.1 Å². The van der Waals surface area contributed by atoms with Gasteiger partial charge in [-0.25, -0.2) is 9.78 Å². The number of nitrogens with two attached hydrogens (primary N) is 1. The third-order valence-corrected chi connectivity index (χ3v) is 2.89. The number of aromatic nitrogens is 1. The molecule has 0 spiro atoms. The molecule has 1 unspecified atom stereocenters. The molecule has 0 bridgehead atoms. The summed E-state index contributed by atoms with van der Waals surface area (Å²) in [5.74, 6) is -0.495. The second kappa shape index (κ2) is 4.27. The highest BCUT2D eigenvalue weighted by molar-refractivity contribution is 6.33.